The maximum atomic E-state index is 6.79. The summed E-state index contributed by atoms with van der Waals surface area (Å²) in [6.45, 7) is 8.56. The highest BCUT2D eigenvalue weighted by atomic mass is 16.5. The third-order valence-corrected chi connectivity index (χ3v) is 7.67. The predicted molar refractivity (Wildman–Crippen MR) is 126 cm³/mol. The molecule has 2 aromatic rings. The second-order valence-electron chi connectivity index (χ2n) is 9.36. The monoisotopic (exact) mass is 434 g/mol. The van der Waals surface area contributed by atoms with Crippen LogP contribution < -0.4 is 9.47 Å². The van der Waals surface area contributed by atoms with Crippen molar-refractivity contribution in [2.45, 2.75) is 50.1 Å². The Morgan fingerprint density at radius 3 is 2.72 bits per heavy atom. The lowest BCUT2D eigenvalue weighted by atomic mass is 9.80. The third kappa shape index (κ3) is 3.83. The minimum atomic E-state index is -0.154. The summed E-state index contributed by atoms with van der Waals surface area (Å²) >= 11 is 0. The fourth-order valence-corrected chi connectivity index (χ4v) is 5.96. The summed E-state index contributed by atoms with van der Waals surface area (Å²) in [5, 5.41) is 0. The average Bonchev–Trinajstić information content (AvgIpc) is 3.05. The summed E-state index contributed by atoms with van der Waals surface area (Å²) in [5.41, 5.74) is 3.82. The molecule has 0 amide bonds. The molecule has 0 saturated carbocycles. The van der Waals surface area contributed by atoms with Gasteiger partial charge in [-0.05, 0) is 30.0 Å². The molecule has 1 spiro atoms. The minimum Gasteiger partial charge on any atom is -0.497 e. The van der Waals surface area contributed by atoms with Crippen LogP contribution in [0.5, 0.6) is 11.5 Å². The van der Waals surface area contributed by atoms with Crippen LogP contribution in [0.25, 0.3) is 0 Å². The molecule has 32 heavy (non-hydrogen) atoms. The molecule has 3 fully saturated rings. The molecular weight excluding hydrogens is 400 g/mol. The number of rotatable bonds is 6. The normalized spacial score (nSPS) is 27.7. The average molecular weight is 435 g/mol. The number of hydrogen-bond acceptors (Lipinski definition) is 5. The van der Waals surface area contributed by atoms with E-state index in [9.17, 15) is 0 Å². The molecule has 3 atom stereocenters. The SMILES string of the molecule is C=CCN1C[C@H]2N(Cc3ccc(OC)cc3OC)C[C@@H]1CC[C@]21Cc2ccccc2CO1. The Morgan fingerprint density at radius 1 is 1.09 bits per heavy atom. The summed E-state index contributed by atoms with van der Waals surface area (Å²) in [4.78, 5) is 5.26. The summed E-state index contributed by atoms with van der Waals surface area (Å²) in [7, 11) is 3.43. The van der Waals surface area contributed by atoms with E-state index < -0.39 is 0 Å². The Labute approximate surface area is 191 Å². The third-order valence-electron chi connectivity index (χ3n) is 7.67. The molecule has 4 heterocycles. The Morgan fingerprint density at radius 2 is 1.94 bits per heavy atom. The van der Waals surface area contributed by atoms with Crippen LogP contribution >= 0.6 is 0 Å². The number of benzene rings is 2. The smallest absolute Gasteiger partial charge is 0.127 e. The Balaban J connectivity index is 1.48. The zero-order valence-electron chi connectivity index (χ0n) is 19.3. The lowest BCUT2D eigenvalue weighted by Gasteiger charge is -2.51. The highest BCUT2D eigenvalue weighted by Gasteiger charge is 2.52. The van der Waals surface area contributed by atoms with Gasteiger partial charge in [-0.2, -0.15) is 0 Å². The van der Waals surface area contributed by atoms with Crippen molar-refractivity contribution in [3.05, 3.63) is 71.8 Å². The largest absolute Gasteiger partial charge is 0.497 e. The van der Waals surface area contributed by atoms with Crippen LogP contribution in [0.1, 0.15) is 29.5 Å². The molecule has 0 aromatic heterocycles. The molecule has 0 aliphatic carbocycles. The van der Waals surface area contributed by atoms with E-state index >= 15 is 0 Å². The molecule has 4 aliphatic rings. The van der Waals surface area contributed by atoms with Crippen molar-refractivity contribution < 1.29 is 14.2 Å². The number of fused-ring (bicyclic) bond motifs is 4. The first-order valence-electron chi connectivity index (χ1n) is 11.7. The number of piperazine rings is 1. The van der Waals surface area contributed by atoms with Gasteiger partial charge in [0, 0.05) is 50.3 Å². The zero-order chi connectivity index (χ0) is 22.1. The summed E-state index contributed by atoms with van der Waals surface area (Å²) in [5.74, 6) is 1.71. The van der Waals surface area contributed by atoms with Gasteiger partial charge in [0.25, 0.3) is 0 Å². The van der Waals surface area contributed by atoms with Crippen LogP contribution in [0, 0.1) is 0 Å². The quantitative estimate of drug-likeness (QED) is 0.641. The van der Waals surface area contributed by atoms with Crippen LogP contribution in [0.2, 0.25) is 0 Å². The van der Waals surface area contributed by atoms with E-state index in [1.807, 2.05) is 18.2 Å². The van der Waals surface area contributed by atoms with Crippen molar-refractivity contribution in [3.63, 3.8) is 0 Å². The van der Waals surface area contributed by atoms with Gasteiger partial charge >= 0.3 is 0 Å². The van der Waals surface area contributed by atoms with Gasteiger partial charge in [-0.25, -0.2) is 0 Å². The van der Waals surface area contributed by atoms with Crippen molar-refractivity contribution >= 4 is 0 Å². The van der Waals surface area contributed by atoms with Gasteiger partial charge in [0.2, 0.25) is 0 Å². The number of methoxy groups -OCH3 is 2. The van der Waals surface area contributed by atoms with E-state index in [4.69, 9.17) is 14.2 Å². The first-order chi connectivity index (χ1) is 15.7. The molecule has 5 nitrogen and oxygen atoms in total. The van der Waals surface area contributed by atoms with E-state index in [-0.39, 0.29) is 5.60 Å². The first-order valence-corrected chi connectivity index (χ1v) is 11.7. The number of hydrogen-bond donors (Lipinski definition) is 0. The highest BCUT2D eigenvalue weighted by molar-refractivity contribution is 5.41. The molecule has 170 valence electrons. The number of ether oxygens (including phenoxy) is 3. The van der Waals surface area contributed by atoms with Crippen LogP contribution in [0.4, 0.5) is 0 Å². The van der Waals surface area contributed by atoms with Gasteiger partial charge in [-0.3, -0.25) is 9.80 Å². The number of nitrogens with zero attached hydrogens (tertiary/aromatic N) is 2. The fourth-order valence-electron chi connectivity index (χ4n) is 5.96. The van der Waals surface area contributed by atoms with Gasteiger partial charge < -0.3 is 14.2 Å². The van der Waals surface area contributed by atoms with Crippen molar-refractivity contribution in [2.75, 3.05) is 33.9 Å². The van der Waals surface area contributed by atoms with Crippen molar-refractivity contribution in [1.29, 1.82) is 0 Å². The molecule has 2 bridgehead atoms. The standard InChI is InChI=1S/C27H34N2O3/c1-4-13-28-18-26-27(15-20-7-5-6-8-22(20)19-32-27)12-11-23(28)17-29(26)16-21-9-10-24(30-2)14-25(21)31-3/h4-10,14,23,26H,1,11-13,15-19H2,2-3H3/t23-,26+,27-/m0/s1. The summed E-state index contributed by atoms with van der Waals surface area (Å²) in [6.07, 6.45) is 5.28. The van der Waals surface area contributed by atoms with Gasteiger partial charge in [-0.15, -0.1) is 6.58 Å². The maximum Gasteiger partial charge on any atom is 0.127 e. The zero-order valence-corrected chi connectivity index (χ0v) is 19.3. The second-order valence-corrected chi connectivity index (χ2v) is 9.36. The van der Waals surface area contributed by atoms with Crippen molar-refractivity contribution in [1.82, 2.24) is 9.80 Å². The topological polar surface area (TPSA) is 34.2 Å². The molecule has 3 saturated heterocycles. The summed E-state index contributed by atoms with van der Waals surface area (Å²) < 4.78 is 17.9. The van der Waals surface area contributed by atoms with Crippen LogP contribution in [0.15, 0.2) is 55.1 Å². The molecule has 5 heteroatoms. The van der Waals surface area contributed by atoms with Gasteiger partial charge in [0.15, 0.2) is 0 Å². The minimum absolute atomic E-state index is 0.154. The van der Waals surface area contributed by atoms with Crippen LogP contribution in [-0.2, 0) is 24.3 Å². The molecular formula is C27H34N2O3. The predicted octanol–water partition coefficient (Wildman–Crippen LogP) is 4.05. The van der Waals surface area contributed by atoms with Crippen LogP contribution in [0.3, 0.4) is 0 Å². The molecule has 0 N–H and O–H groups in total. The molecule has 0 unspecified atom stereocenters. The van der Waals surface area contributed by atoms with Crippen molar-refractivity contribution in [2.24, 2.45) is 0 Å². The van der Waals surface area contributed by atoms with E-state index in [0.29, 0.717) is 18.7 Å². The van der Waals surface area contributed by atoms with E-state index in [0.717, 1.165) is 56.9 Å². The van der Waals surface area contributed by atoms with Gasteiger partial charge in [0.1, 0.15) is 11.5 Å². The second kappa shape index (κ2) is 8.89. The lowest BCUT2D eigenvalue weighted by molar-refractivity contribution is -0.130. The van der Waals surface area contributed by atoms with Crippen LogP contribution in [-0.4, -0.2) is 61.3 Å². The van der Waals surface area contributed by atoms with Crippen molar-refractivity contribution in [3.8, 4) is 11.5 Å². The maximum absolute atomic E-state index is 6.79. The molecule has 0 radical (unpaired) electrons. The van der Waals surface area contributed by atoms with E-state index in [2.05, 4.69) is 46.7 Å². The Kier molecular flexibility index (Phi) is 5.97. The molecule has 6 rings (SSSR count). The first kappa shape index (κ1) is 21.5. The lowest BCUT2D eigenvalue weighted by Crippen LogP contribution is -2.64. The summed E-state index contributed by atoms with van der Waals surface area (Å²) in [6, 6.07) is 15.8. The van der Waals surface area contributed by atoms with E-state index in [1.54, 1.807) is 14.2 Å². The Hall–Kier alpha value is -2.34. The van der Waals surface area contributed by atoms with Gasteiger partial charge in [0.05, 0.1) is 32.5 Å². The fraction of sp³-hybridized carbons (Fsp3) is 0.481. The van der Waals surface area contributed by atoms with Gasteiger partial charge in [-0.1, -0.05) is 36.4 Å². The molecule has 4 aliphatic heterocycles. The Bertz CT molecular complexity index is 977. The highest BCUT2D eigenvalue weighted by Crippen LogP contribution is 2.43. The molecule has 2 aromatic carbocycles. The van der Waals surface area contributed by atoms with E-state index in [1.165, 1.54) is 16.7 Å².